The first-order valence-corrected chi connectivity index (χ1v) is 7.33. The lowest BCUT2D eigenvalue weighted by Gasteiger charge is -1.97. The van der Waals surface area contributed by atoms with Crippen molar-refractivity contribution in [1.29, 1.82) is 0 Å². The molecule has 0 aliphatic heterocycles. The highest BCUT2D eigenvalue weighted by Gasteiger charge is 1.98. The number of rotatable bonds is 4. The first-order valence-electron chi connectivity index (χ1n) is 6.21. The second kappa shape index (κ2) is 9.15. The highest BCUT2D eigenvalue weighted by molar-refractivity contribution is 9.08. The molecule has 0 saturated carbocycles. The van der Waals surface area contributed by atoms with Gasteiger partial charge in [-0.3, -0.25) is 4.79 Å². The standard InChI is InChI=1S/C9H10O3.C7H7Br/c10-8-4-1-7(2-5-8)3-6-9(11)12;8-6-7-4-2-1-3-5-7/h1-2,4-5,10H,3,6H2,(H,11,12);1-5H,6H2. The predicted molar refractivity (Wildman–Crippen MR) is 83.1 cm³/mol. The number of carboxylic acids is 1. The Hall–Kier alpha value is -1.81. The van der Waals surface area contributed by atoms with E-state index in [1.165, 1.54) is 5.56 Å². The van der Waals surface area contributed by atoms with E-state index in [-0.39, 0.29) is 12.2 Å². The molecule has 0 radical (unpaired) electrons. The molecule has 0 bridgehead atoms. The molecule has 0 aromatic heterocycles. The van der Waals surface area contributed by atoms with E-state index >= 15 is 0 Å². The van der Waals surface area contributed by atoms with Crippen molar-refractivity contribution in [3.05, 3.63) is 65.7 Å². The number of hydrogen-bond acceptors (Lipinski definition) is 2. The van der Waals surface area contributed by atoms with Gasteiger partial charge in [0.25, 0.3) is 0 Å². The Morgan fingerprint density at radius 3 is 2.00 bits per heavy atom. The number of alkyl halides is 1. The smallest absolute Gasteiger partial charge is 0.303 e. The number of benzene rings is 2. The van der Waals surface area contributed by atoms with Crippen molar-refractivity contribution in [3.8, 4) is 5.75 Å². The van der Waals surface area contributed by atoms with E-state index in [0.29, 0.717) is 6.42 Å². The maximum Gasteiger partial charge on any atom is 0.303 e. The maximum absolute atomic E-state index is 10.2. The highest BCUT2D eigenvalue weighted by atomic mass is 79.9. The molecule has 106 valence electrons. The lowest BCUT2D eigenvalue weighted by molar-refractivity contribution is -0.136. The molecule has 2 aromatic carbocycles. The average molecular weight is 337 g/mol. The normalized spacial score (nSPS) is 9.45. The van der Waals surface area contributed by atoms with E-state index < -0.39 is 5.97 Å². The molecule has 0 spiro atoms. The molecule has 0 amide bonds. The number of phenols is 1. The summed E-state index contributed by atoms with van der Waals surface area (Å²) in [5.74, 6) is -0.600. The highest BCUT2D eigenvalue weighted by Crippen LogP contribution is 2.10. The van der Waals surface area contributed by atoms with Gasteiger partial charge < -0.3 is 10.2 Å². The van der Waals surface area contributed by atoms with Crippen molar-refractivity contribution in [2.75, 3.05) is 0 Å². The van der Waals surface area contributed by atoms with Crippen LogP contribution in [0.4, 0.5) is 0 Å². The molecule has 0 heterocycles. The van der Waals surface area contributed by atoms with Gasteiger partial charge in [0.05, 0.1) is 0 Å². The van der Waals surface area contributed by atoms with Crippen LogP contribution in [0.3, 0.4) is 0 Å². The monoisotopic (exact) mass is 336 g/mol. The molecule has 2 rings (SSSR count). The maximum atomic E-state index is 10.2. The minimum Gasteiger partial charge on any atom is -0.508 e. The number of phenolic OH excluding ortho intramolecular Hbond substituents is 1. The topological polar surface area (TPSA) is 57.5 Å². The first kappa shape index (κ1) is 16.2. The summed E-state index contributed by atoms with van der Waals surface area (Å²) in [5, 5.41) is 18.2. The summed E-state index contributed by atoms with van der Waals surface area (Å²) in [4.78, 5) is 10.2. The third kappa shape index (κ3) is 6.95. The summed E-state index contributed by atoms with van der Waals surface area (Å²) < 4.78 is 0. The van der Waals surface area contributed by atoms with Crippen molar-refractivity contribution in [3.63, 3.8) is 0 Å². The molecule has 0 fully saturated rings. The van der Waals surface area contributed by atoms with Crippen molar-refractivity contribution >= 4 is 21.9 Å². The van der Waals surface area contributed by atoms with E-state index in [9.17, 15) is 4.79 Å². The largest absolute Gasteiger partial charge is 0.508 e. The van der Waals surface area contributed by atoms with Crippen molar-refractivity contribution in [2.45, 2.75) is 18.2 Å². The Balaban J connectivity index is 0.000000217. The number of carbonyl (C=O) groups is 1. The summed E-state index contributed by atoms with van der Waals surface area (Å²) >= 11 is 3.36. The molecule has 2 N–H and O–H groups in total. The number of carboxylic acid groups (broad SMARTS) is 1. The van der Waals surface area contributed by atoms with Crippen LogP contribution < -0.4 is 0 Å². The minimum absolute atomic E-state index is 0.130. The predicted octanol–water partition coefficient (Wildman–Crippen LogP) is 3.99. The zero-order valence-corrected chi connectivity index (χ0v) is 12.6. The number of aromatic hydroxyl groups is 1. The van der Waals surface area contributed by atoms with Crippen LogP contribution in [0.2, 0.25) is 0 Å². The SMILES string of the molecule is BrCc1ccccc1.O=C(O)CCc1ccc(O)cc1. The average Bonchev–Trinajstić information content (AvgIpc) is 2.48. The van der Waals surface area contributed by atoms with Gasteiger partial charge >= 0.3 is 5.97 Å². The zero-order valence-electron chi connectivity index (χ0n) is 11.0. The van der Waals surface area contributed by atoms with Crippen molar-refractivity contribution in [2.24, 2.45) is 0 Å². The second-order valence-corrected chi connectivity index (χ2v) is 4.74. The lowest BCUT2D eigenvalue weighted by atomic mass is 10.1. The number of halogens is 1. The van der Waals surface area contributed by atoms with Crippen LogP contribution in [0, 0.1) is 0 Å². The molecular formula is C16H17BrO3. The van der Waals surface area contributed by atoms with Crippen LogP contribution in [0.25, 0.3) is 0 Å². The van der Waals surface area contributed by atoms with Gasteiger partial charge in [-0.05, 0) is 29.7 Å². The number of aryl methyl sites for hydroxylation is 1. The molecule has 2 aromatic rings. The van der Waals surface area contributed by atoms with E-state index in [1.807, 2.05) is 18.2 Å². The van der Waals surface area contributed by atoms with E-state index in [4.69, 9.17) is 10.2 Å². The van der Waals surface area contributed by atoms with Crippen molar-refractivity contribution < 1.29 is 15.0 Å². The molecule has 4 heteroatoms. The third-order valence-electron chi connectivity index (χ3n) is 2.56. The van der Waals surface area contributed by atoms with E-state index in [1.54, 1.807) is 24.3 Å². The van der Waals surface area contributed by atoms with Gasteiger partial charge in [-0.15, -0.1) is 0 Å². The van der Waals surface area contributed by atoms with Gasteiger partial charge in [0, 0.05) is 11.8 Å². The molecule has 0 saturated heterocycles. The Morgan fingerprint density at radius 1 is 0.950 bits per heavy atom. The fourth-order valence-corrected chi connectivity index (χ4v) is 1.85. The molecule has 0 aliphatic carbocycles. The summed E-state index contributed by atoms with van der Waals surface area (Å²) in [6, 6.07) is 16.8. The molecule has 3 nitrogen and oxygen atoms in total. The lowest BCUT2D eigenvalue weighted by Crippen LogP contribution is -1.96. The Kier molecular flexibility index (Phi) is 7.43. The first-order chi connectivity index (χ1) is 9.61. The number of aliphatic carboxylic acids is 1. The van der Waals surface area contributed by atoms with Gasteiger partial charge in [-0.25, -0.2) is 0 Å². The van der Waals surface area contributed by atoms with Gasteiger partial charge in [-0.1, -0.05) is 58.4 Å². The molecule has 0 aliphatic rings. The Bertz CT molecular complexity index is 509. The van der Waals surface area contributed by atoms with Crippen LogP contribution >= 0.6 is 15.9 Å². The fourth-order valence-electron chi connectivity index (χ4n) is 1.48. The van der Waals surface area contributed by atoms with Crippen LogP contribution in [0.15, 0.2) is 54.6 Å². The van der Waals surface area contributed by atoms with Crippen LogP contribution in [-0.2, 0) is 16.5 Å². The minimum atomic E-state index is -0.803. The Labute approximate surface area is 127 Å². The van der Waals surface area contributed by atoms with Gasteiger partial charge in [0.2, 0.25) is 0 Å². The summed E-state index contributed by atoms with van der Waals surface area (Å²) in [5.41, 5.74) is 2.25. The summed E-state index contributed by atoms with van der Waals surface area (Å²) in [6.45, 7) is 0. The molecular weight excluding hydrogens is 320 g/mol. The Morgan fingerprint density at radius 2 is 1.55 bits per heavy atom. The van der Waals surface area contributed by atoms with E-state index in [0.717, 1.165) is 10.9 Å². The zero-order chi connectivity index (χ0) is 14.8. The summed E-state index contributed by atoms with van der Waals surface area (Å²) in [6.07, 6.45) is 0.639. The second-order valence-electron chi connectivity index (χ2n) is 4.18. The van der Waals surface area contributed by atoms with E-state index in [2.05, 4.69) is 28.1 Å². The van der Waals surface area contributed by atoms with Crippen molar-refractivity contribution in [1.82, 2.24) is 0 Å². The summed E-state index contributed by atoms with van der Waals surface area (Å²) in [7, 11) is 0. The van der Waals surface area contributed by atoms with Crippen LogP contribution in [0.1, 0.15) is 17.5 Å². The molecule has 20 heavy (non-hydrogen) atoms. The third-order valence-corrected chi connectivity index (χ3v) is 3.21. The quantitative estimate of drug-likeness (QED) is 0.830. The molecule has 0 unspecified atom stereocenters. The van der Waals surface area contributed by atoms with Gasteiger partial charge in [0.1, 0.15) is 5.75 Å². The molecule has 0 atom stereocenters. The van der Waals surface area contributed by atoms with Crippen LogP contribution in [0.5, 0.6) is 5.75 Å². The number of hydrogen-bond donors (Lipinski definition) is 2. The van der Waals surface area contributed by atoms with Crippen LogP contribution in [-0.4, -0.2) is 16.2 Å². The van der Waals surface area contributed by atoms with Gasteiger partial charge in [0.15, 0.2) is 0 Å². The van der Waals surface area contributed by atoms with Gasteiger partial charge in [-0.2, -0.15) is 0 Å². The fraction of sp³-hybridized carbons (Fsp3) is 0.188.